The maximum absolute atomic E-state index is 13.1. The van der Waals surface area contributed by atoms with E-state index in [-0.39, 0.29) is 29.8 Å². The minimum atomic E-state index is -0.276. The highest BCUT2D eigenvalue weighted by molar-refractivity contribution is 5.89. The van der Waals surface area contributed by atoms with Crippen LogP contribution in [0.5, 0.6) is 0 Å². The third kappa shape index (κ3) is 3.59. The Hall–Kier alpha value is -2.78. The maximum atomic E-state index is 13.1. The van der Waals surface area contributed by atoms with Gasteiger partial charge in [0.15, 0.2) is 5.82 Å². The zero-order valence-corrected chi connectivity index (χ0v) is 16.8. The van der Waals surface area contributed by atoms with Crippen molar-refractivity contribution in [1.82, 2.24) is 31.2 Å². The van der Waals surface area contributed by atoms with Crippen LogP contribution >= 0.6 is 0 Å². The third-order valence-corrected chi connectivity index (χ3v) is 6.15. The van der Waals surface area contributed by atoms with Gasteiger partial charge in [-0.2, -0.15) is 4.98 Å². The van der Waals surface area contributed by atoms with Gasteiger partial charge in [-0.05, 0) is 50.6 Å². The highest BCUT2D eigenvalue weighted by Gasteiger charge is 2.48. The molecule has 3 aliphatic heterocycles. The lowest BCUT2D eigenvalue weighted by molar-refractivity contribution is -0.119. The van der Waals surface area contributed by atoms with Crippen molar-refractivity contribution in [2.75, 3.05) is 13.1 Å². The number of allylic oxidation sites excluding steroid dienone is 1. The van der Waals surface area contributed by atoms with Gasteiger partial charge >= 0.3 is 0 Å². The van der Waals surface area contributed by atoms with Crippen molar-refractivity contribution in [2.24, 2.45) is 5.92 Å². The fourth-order valence-electron chi connectivity index (χ4n) is 4.64. The monoisotopic (exact) mass is 412 g/mol. The molecule has 3 unspecified atom stereocenters. The van der Waals surface area contributed by atoms with Crippen molar-refractivity contribution in [1.29, 1.82) is 0 Å². The van der Waals surface area contributed by atoms with E-state index in [9.17, 15) is 9.18 Å². The Labute approximate surface area is 173 Å². The number of benzene rings is 1. The second-order valence-electron chi connectivity index (χ2n) is 8.21. The predicted octanol–water partition coefficient (Wildman–Crippen LogP) is 1.43. The van der Waals surface area contributed by atoms with Gasteiger partial charge in [0.2, 0.25) is 11.8 Å². The number of amides is 1. The van der Waals surface area contributed by atoms with Gasteiger partial charge in [-0.15, -0.1) is 0 Å². The summed E-state index contributed by atoms with van der Waals surface area (Å²) >= 11 is 0. The standard InChI is InChI=1S/C21H25FN6O2/c1-12-19(21-24-17(27-30-21)10-13-2-4-15(22)5-3-13)20-25-18(29)11-16(28(20)26-12)14-6-8-23-9-7-14/h2-5,11-12,14,19-20,23,26H,6-10H2,1H3,(H,25,29). The summed E-state index contributed by atoms with van der Waals surface area (Å²) in [5, 5.41) is 12.6. The summed E-state index contributed by atoms with van der Waals surface area (Å²) in [4.78, 5) is 17.1. The first-order valence-corrected chi connectivity index (χ1v) is 10.4. The van der Waals surface area contributed by atoms with Gasteiger partial charge in [-0.1, -0.05) is 17.3 Å². The first kappa shape index (κ1) is 19.2. The summed E-state index contributed by atoms with van der Waals surface area (Å²) in [5.41, 5.74) is 5.44. The Morgan fingerprint density at radius 3 is 2.77 bits per heavy atom. The van der Waals surface area contributed by atoms with E-state index in [1.807, 2.05) is 0 Å². The predicted molar refractivity (Wildman–Crippen MR) is 106 cm³/mol. The van der Waals surface area contributed by atoms with E-state index in [1.165, 1.54) is 12.1 Å². The molecule has 3 aliphatic rings. The summed E-state index contributed by atoms with van der Waals surface area (Å²) in [6, 6.07) is 6.28. The van der Waals surface area contributed by atoms with Gasteiger partial charge in [0.1, 0.15) is 12.0 Å². The molecule has 9 heteroatoms. The van der Waals surface area contributed by atoms with Gasteiger partial charge in [0, 0.05) is 30.2 Å². The Kier molecular flexibility index (Phi) is 5.00. The van der Waals surface area contributed by atoms with Gasteiger partial charge in [0.05, 0.1) is 5.92 Å². The number of aromatic nitrogens is 2. The van der Waals surface area contributed by atoms with Crippen LogP contribution in [0.4, 0.5) is 4.39 Å². The van der Waals surface area contributed by atoms with Crippen molar-refractivity contribution in [2.45, 2.75) is 44.3 Å². The van der Waals surface area contributed by atoms with Crippen LogP contribution in [0.25, 0.3) is 0 Å². The molecule has 5 rings (SSSR count). The van der Waals surface area contributed by atoms with Crippen LogP contribution in [0.2, 0.25) is 0 Å². The lowest BCUT2D eigenvalue weighted by Crippen LogP contribution is -2.54. The summed E-state index contributed by atoms with van der Waals surface area (Å²) < 4.78 is 18.7. The average molecular weight is 412 g/mol. The highest BCUT2D eigenvalue weighted by Crippen LogP contribution is 2.37. The molecule has 3 atom stereocenters. The molecule has 0 saturated carbocycles. The van der Waals surface area contributed by atoms with E-state index in [4.69, 9.17) is 4.52 Å². The van der Waals surface area contributed by atoms with Crippen LogP contribution in [0.1, 0.15) is 43.0 Å². The molecule has 0 spiro atoms. The number of hydrogen-bond donors (Lipinski definition) is 3. The highest BCUT2D eigenvalue weighted by atomic mass is 19.1. The van der Waals surface area contributed by atoms with Crippen molar-refractivity contribution in [3.63, 3.8) is 0 Å². The van der Waals surface area contributed by atoms with Gasteiger partial charge < -0.3 is 15.2 Å². The minimum Gasteiger partial charge on any atom is -0.339 e. The number of halogens is 1. The molecule has 30 heavy (non-hydrogen) atoms. The Balaban J connectivity index is 1.36. The Morgan fingerprint density at radius 2 is 2.00 bits per heavy atom. The van der Waals surface area contributed by atoms with E-state index in [1.54, 1.807) is 18.2 Å². The van der Waals surface area contributed by atoms with E-state index in [0.717, 1.165) is 37.2 Å². The molecule has 8 nitrogen and oxygen atoms in total. The quantitative estimate of drug-likeness (QED) is 0.699. The smallest absolute Gasteiger partial charge is 0.247 e. The lowest BCUT2D eigenvalue weighted by atomic mass is 9.91. The largest absolute Gasteiger partial charge is 0.339 e. The van der Waals surface area contributed by atoms with Crippen molar-refractivity contribution in [3.05, 3.63) is 59.1 Å². The zero-order valence-electron chi connectivity index (χ0n) is 16.8. The number of carbonyl (C=O) groups is 1. The topological polar surface area (TPSA) is 95.3 Å². The molecule has 158 valence electrons. The molecular weight excluding hydrogens is 387 g/mol. The molecule has 0 bridgehead atoms. The molecule has 1 aromatic carbocycles. The number of fused-ring (bicyclic) bond motifs is 1. The molecule has 4 heterocycles. The molecular formula is C21H25FN6O2. The van der Waals surface area contributed by atoms with Crippen LogP contribution in [0.3, 0.4) is 0 Å². The van der Waals surface area contributed by atoms with Crippen LogP contribution in [-0.4, -0.2) is 46.4 Å². The Morgan fingerprint density at radius 1 is 1.23 bits per heavy atom. The van der Waals surface area contributed by atoms with Gasteiger partial charge in [-0.25, -0.2) is 9.82 Å². The van der Waals surface area contributed by atoms with Crippen molar-refractivity contribution < 1.29 is 13.7 Å². The van der Waals surface area contributed by atoms with Crippen LogP contribution in [-0.2, 0) is 11.2 Å². The first-order chi connectivity index (χ1) is 14.6. The second-order valence-corrected chi connectivity index (χ2v) is 8.21. The molecule has 3 N–H and O–H groups in total. The molecule has 2 fully saturated rings. The summed E-state index contributed by atoms with van der Waals surface area (Å²) in [7, 11) is 0. The molecule has 0 radical (unpaired) electrons. The van der Waals surface area contributed by atoms with E-state index < -0.39 is 0 Å². The van der Waals surface area contributed by atoms with Gasteiger partial charge in [-0.3, -0.25) is 9.80 Å². The summed E-state index contributed by atoms with van der Waals surface area (Å²) in [5.74, 6) is 0.842. The number of nitrogens with zero attached hydrogens (tertiary/aromatic N) is 3. The number of carbonyl (C=O) groups excluding carboxylic acids is 1. The molecule has 1 amide bonds. The molecule has 2 saturated heterocycles. The second kappa shape index (κ2) is 7.81. The van der Waals surface area contributed by atoms with Crippen molar-refractivity contribution >= 4 is 5.91 Å². The lowest BCUT2D eigenvalue weighted by Gasteiger charge is -2.38. The number of rotatable bonds is 4. The van der Waals surface area contributed by atoms with Gasteiger partial charge in [0.25, 0.3) is 0 Å². The van der Waals surface area contributed by atoms with Crippen LogP contribution in [0, 0.1) is 11.7 Å². The minimum absolute atomic E-state index is 0.0117. The SMILES string of the molecule is CC1NN2C(C3CCNCC3)=CC(=O)NC2C1c1nc(Cc2ccc(F)cc2)no1. The molecule has 1 aromatic heterocycles. The first-order valence-electron chi connectivity index (χ1n) is 10.4. The summed E-state index contributed by atoms with van der Waals surface area (Å²) in [6.45, 7) is 3.97. The summed E-state index contributed by atoms with van der Waals surface area (Å²) in [6.07, 6.45) is 3.90. The third-order valence-electron chi connectivity index (χ3n) is 6.15. The normalized spacial score (nSPS) is 27.0. The van der Waals surface area contributed by atoms with E-state index in [0.29, 0.717) is 24.1 Å². The number of hydrogen-bond acceptors (Lipinski definition) is 7. The average Bonchev–Trinajstić information content (AvgIpc) is 3.33. The molecule has 2 aromatic rings. The van der Waals surface area contributed by atoms with Crippen molar-refractivity contribution in [3.8, 4) is 0 Å². The number of hydrazine groups is 1. The van der Waals surface area contributed by atoms with Crippen LogP contribution < -0.4 is 16.1 Å². The zero-order chi connectivity index (χ0) is 20.7. The fourth-order valence-corrected chi connectivity index (χ4v) is 4.64. The number of nitrogens with one attached hydrogen (secondary N) is 3. The number of piperidine rings is 1. The van der Waals surface area contributed by atoms with E-state index >= 15 is 0 Å². The van der Waals surface area contributed by atoms with E-state index in [2.05, 4.69) is 38.1 Å². The van der Waals surface area contributed by atoms with Crippen LogP contribution in [0.15, 0.2) is 40.6 Å². The molecule has 0 aliphatic carbocycles. The fraction of sp³-hybridized carbons (Fsp3) is 0.476. The Bertz CT molecular complexity index is 953. The maximum Gasteiger partial charge on any atom is 0.247 e.